The predicted octanol–water partition coefficient (Wildman–Crippen LogP) is 13.6. The van der Waals surface area contributed by atoms with Gasteiger partial charge in [-0.1, -0.05) is 115 Å². The molecule has 8 aromatic carbocycles. The summed E-state index contributed by atoms with van der Waals surface area (Å²) in [6, 6.07) is 60.8. The highest BCUT2D eigenvalue weighted by molar-refractivity contribution is 6.04. The molecule has 2 aliphatic rings. The van der Waals surface area contributed by atoms with Crippen molar-refractivity contribution >= 4 is 86.9 Å². The number of hydrogen-bond acceptors (Lipinski definition) is 14. The number of hydrogen-bond donors (Lipinski definition) is 5. The average molecular weight is 1230 g/mol. The first-order valence-electron chi connectivity index (χ1n) is 29.1. The second kappa shape index (κ2) is 33.0. The number of anilines is 2. The van der Waals surface area contributed by atoms with Gasteiger partial charge in [0.2, 0.25) is 0 Å². The molecule has 6 N–H and O–H groups in total. The molecule has 0 radical (unpaired) electrons. The summed E-state index contributed by atoms with van der Waals surface area (Å²) in [5.74, 6) is -0.541. The average Bonchev–Trinajstić information content (AvgIpc) is 1.66. The van der Waals surface area contributed by atoms with E-state index in [2.05, 4.69) is 30.8 Å². The van der Waals surface area contributed by atoms with E-state index in [1.54, 1.807) is 91.3 Å². The van der Waals surface area contributed by atoms with Gasteiger partial charge >= 0.3 is 23.9 Å². The zero-order valence-corrected chi connectivity index (χ0v) is 50.3. The number of aldehydes is 1. The van der Waals surface area contributed by atoms with Crippen LogP contribution in [0.3, 0.4) is 0 Å². The number of nitrogens with zero attached hydrogens (tertiary/aromatic N) is 2. The maximum Gasteiger partial charge on any atom is 0.335 e. The second-order valence-corrected chi connectivity index (χ2v) is 21.3. The number of aliphatic carboxylic acids is 1. The van der Waals surface area contributed by atoms with E-state index in [0.29, 0.717) is 29.0 Å². The van der Waals surface area contributed by atoms with Crippen molar-refractivity contribution in [1.29, 1.82) is 0 Å². The van der Waals surface area contributed by atoms with Gasteiger partial charge in [-0.25, -0.2) is 14.4 Å². The van der Waals surface area contributed by atoms with Crippen LogP contribution in [-0.2, 0) is 41.7 Å². The van der Waals surface area contributed by atoms with Gasteiger partial charge in [0, 0.05) is 82.6 Å². The predicted molar refractivity (Wildman–Crippen MR) is 353 cm³/mol. The van der Waals surface area contributed by atoms with Crippen LogP contribution in [-0.4, -0.2) is 81.4 Å². The Kier molecular flexibility index (Phi) is 23.8. The maximum absolute atomic E-state index is 12.9. The molecule has 0 aliphatic heterocycles. The third kappa shape index (κ3) is 20.2. The summed E-state index contributed by atoms with van der Waals surface area (Å²) >= 11 is 0. The number of fused-ring (bicyclic) bond motifs is 2. The number of carbonyl (C=O) groups is 7. The van der Waals surface area contributed by atoms with E-state index in [9.17, 15) is 33.6 Å². The Hall–Kier alpha value is -11.7. The van der Waals surface area contributed by atoms with Gasteiger partial charge in [-0.05, 0) is 166 Å². The second-order valence-electron chi connectivity index (χ2n) is 21.3. The molecule has 2 fully saturated rings. The Morgan fingerprint density at radius 3 is 1.66 bits per heavy atom. The van der Waals surface area contributed by atoms with E-state index in [1.807, 2.05) is 134 Å². The van der Waals surface area contributed by atoms with Crippen molar-refractivity contribution < 1.29 is 63.1 Å². The Labute approximate surface area is 531 Å². The van der Waals surface area contributed by atoms with Crippen molar-refractivity contribution in [2.75, 3.05) is 25.3 Å². The molecule has 464 valence electrons. The number of nitrogens with two attached hydrogens (primary N) is 1. The number of para-hydroxylation sites is 1. The summed E-state index contributed by atoms with van der Waals surface area (Å²) in [5, 5.41) is 33.2. The van der Waals surface area contributed by atoms with Crippen LogP contribution in [0.1, 0.15) is 89.1 Å². The first-order chi connectivity index (χ1) is 44.6. The fourth-order valence-electron chi connectivity index (χ4n) is 9.58. The van der Waals surface area contributed by atoms with Gasteiger partial charge in [0.05, 0.1) is 32.3 Å². The number of benzene rings is 8. The van der Waals surface area contributed by atoms with Crippen LogP contribution in [0.4, 0.5) is 11.4 Å². The van der Waals surface area contributed by atoms with Crippen molar-refractivity contribution in [2.24, 2.45) is 11.8 Å². The molecule has 4 atom stereocenters. The van der Waals surface area contributed by atoms with Crippen LogP contribution < -0.4 is 15.8 Å². The number of ketones is 1. The number of pyridine rings is 2. The zero-order chi connectivity index (χ0) is 65.4. The quantitative estimate of drug-likeness (QED) is 0.0245. The third-order valence-electron chi connectivity index (χ3n) is 14.8. The van der Waals surface area contributed by atoms with Crippen LogP contribution in [0, 0.1) is 11.8 Å². The number of amides is 1. The molecule has 17 nitrogen and oxygen atoms in total. The smallest absolute Gasteiger partial charge is 0.335 e. The number of aromatic nitrogens is 2. The summed E-state index contributed by atoms with van der Waals surface area (Å²) in [4.78, 5) is 86.9. The van der Waals surface area contributed by atoms with E-state index in [4.69, 9.17) is 25.8 Å². The molecule has 0 spiro atoms. The van der Waals surface area contributed by atoms with E-state index < -0.39 is 17.9 Å². The third-order valence-corrected chi connectivity index (χ3v) is 14.8. The molecule has 2 aliphatic carbocycles. The Morgan fingerprint density at radius 1 is 0.554 bits per heavy atom. The molecular formula is C75H66N4O13. The molecule has 17 heteroatoms. The minimum absolute atomic E-state index is 0.00290. The molecule has 0 saturated heterocycles. The highest BCUT2D eigenvalue weighted by Gasteiger charge is 2.45. The molecular weight excluding hydrogens is 1160 g/mol. The number of carboxylic acids is 2. The standard InChI is InChI=1S/C33H26N2O3.C12H12O4.C11H10O3.C10H10O3.C9H8N2/c36-32(19-22-6-7-26-21-34-17-16-25(26)18-22)31-20-30(31)23-8-10-24(11-9-23)33(37)35-27-12-14-29(15-13-27)38-28-4-2-1-3-5-28;1-16-12(15)10-6-9(10)7-2-4-8(5-3-7)11(13)14;1-14-11(13)7-6-9-2-4-10(8-12)5-3-9;11-7-9-3-1-8(2-4-9)5-6-10(12)13;10-9-2-1-8-6-11-4-3-7(8)5-9/h1-18,21,30-31H,19-20H2,(H,35,37);2-5,9-10H,6H2,1H3,(H,13,14);2-8H,1H3;1-6,11H,7H2,(H,12,13);1-6H,10H2/b;;7-6+;6-5+;. The number of aliphatic hydroxyl groups is 1. The number of aromatic carboxylic acids is 1. The lowest BCUT2D eigenvalue weighted by atomic mass is 10.00. The van der Waals surface area contributed by atoms with Crippen LogP contribution in [0.2, 0.25) is 0 Å². The zero-order valence-electron chi connectivity index (χ0n) is 50.3. The molecule has 2 heterocycles. The molecule has 4 unspecified atom stereocenters. The number of Topliss-reactive ketones (excluding diaryl/α,β-unsaturated/α-hetero) is 1. The van der Waals surface area contributed by atoms with Crippen LogP contribution in [0.15, 0.2) is 237 Å². The highest BCUT2D eigenvalue weighted by atomic mass is 16.5. The van der Waals surface area contributed by atoms with E-state index in [1.165, 1.54) is 26.4 Å². The van der Waals surface area contributed by atoms with Gasteiger partial charge in [0.1, 0.15) is 23.6 Å². The molecule has 2 aromatic heterocycles. The number of ether oxygens (including phenoxy) is 3. The number of carbonyl (C=O) groups excluding carboxylic acids is 5. The monoisotopic (exact) mass is 1230 g/mol. The van der Waals surface area contributed by atoms with Gasteiger partial charge in [-0.15, -0.1) is 0 Å². The number of aliphatic hydroxyl groups excluding tert-OH is 1. The van der Waals surface area contributed by atoms with Crippen LogP contribution in [0.5, 0.6) is 11.5 Å². The maximum atomic E-state index is 12.9. The van der Waals surface area contributed by atoms with E-state index in [-0.39, 0.29) is 53.5 Å². The van der Waals surface area contributed by atoms with Crippen LogP contribution >= 0.6 is 0 Å². The number of esters is 2. The molecule has 12 rings (SSSR count). The number of methoxy groups -OCH3 is 2. The van der Waals surface area contributed by atoms with Gasteiger partial charge in [-0.3, -0.25) is 29.1 Å². The first kappa shape index (κ1) is 66.3. The summed E-state index contributed by atoms with van der Waals surface area (Å²) in [6.45, 7) is 0.00290. The van der Waals surface area contributed by atoms with E-state index >= 15 is 0 Å². The van der Waals surface area contributed by atoms with Gasteiger partial charge in [0.15, 0.2) is 0 Å². The van der Waals surface area contributed by atoms with Crippen molar-refractivity contribution in [1.82, 2.24) is 9.97 Å². The van der Waals surface area contributed by atoms with Gasteiger partial charge in [-0.2, -0.15) is 0 Å². The van der Waals surface area contributed by atoms with Crippen molar-refractivity contribution in [2.45, 2.75) is 37.7 Å². The lowest BCUT2D eigenvalue weighted by molar-refractivity contribution is -0.142. The van der Waals surface area contributed by atoms with Gasteiger partial charge in [0.25, 0.3) is 5.91 Å². The minimum Gasteiger partial charge on any atom is -0.478 e. The van der Waals surface area contributed by atoms with Crippen LogP contribution in [0.25, 0.3) is 33.7 Å². The Balaban J connectivity index is 0.000000166. The summed E-state index contributed by atoms with van der Waals surface area (Å²) in [6.07, 6.45) is 15.6. The molecule has 0 bridgehead atoms. The number of nitrogen functional groups attached to an aromatic ring is 1. The topological polar surface area (TPSA) is 272 Å². The Bertz CT molecular complexity index is 4210. The minimum atomic E-state index is -0.966. The number of rotatable bonds is 17. The normalized spacial score (nSPS) is 14.8. The molecule has 1 amide bonds. The van der Waals surface area contributed by atoms with E-state index in [0.717, 1.165) is 91.6 Å². The molecule has 92 heavy (non-hydrogen) atoms. The summed E-state index contributed by atoms with van der Waals surface area (Å²) in [5.41, 5.74) is 14.1. The van der Waals surface area contributed by atoms with Crippen molar-refractivity contribution in [3.05, 3.63) is 287 Å². The lowest BCUT2D eigenvalue weighted by Crippen LogP contribution is -2.11. The fraction of sp³-hybridized carbons (Fsp3) is 0.133. The SMILES string of the molecule is COC(=O)/C=C/c1ccc(C=O)cc1.COC(=O)C1CC1c1ccc(C(=O)O)cc1.Nc1ccc2cnccc2c1.O=C(Nc1ccc(Oc2ccccc2)cc1)c1ccc(C2CC2C(=O)Cc2ccc3cnccc3c2)cc1.O=C(O)/C=C/c1ccc(CO)cc1. The largest absolute Gasteiger partial charge is 0.478 e. The first-order valence-corrected chi connectivity index (χ1v) is 29.1. The van der Waals surface area contributed by atoms with Gasteiger partial charge < -0.3 is 40.6 Å². The lowest BCUT2D eigenvalue weighted by Gasteiger charge is -2.09. The fourth-order valence-corrected chi connectivity index (χ4v) is 9.58. The number of carboxylic acid groups (broad SMARTS) is 2. The molecule has 10 aromatic rings. The Morgan fingerprint density at radius 2 is 1.09 bits per heavy atom. The molecule has 2 saturated carbocycles. The summed E-state index contributed by atoms with van der Waals surface area (Å²) in [7, 11) is 2.70. The van der Waals surface area contributed by atoms with Crippen molar-refractivity contribution in [3.63, 3.8) is 0 Å². The summed E-state index contributed by atoms with van der Waals surface area (Å²) < 4.78 is 14.9. The van der Waals surface area contributed by atoms with Crippen molar-refractivity contribution in [3.8, 4) is 11.5 Å². The highest BCUT2D eigenvalue weighted by Crippen LogP contribution is 2.49. The number of nitrogens with one attached hydrogen (secondary N) is 1.